The van der Waals surface area contributed by atoms with Crippen molar-refractivity contribution < 1.29 is 14.3 Å². The molecule has 0 saturated heterocycles. The Morgan fingerprint density at radius 3 is 2.76 bits per heavy atom. The number of para-hydroxylation sites is 1. The third kappa shape index (κ3) is 2.32. The molecule has 3 heterocycles. The number of rotatable bonds is 3. The molecule has 124 valence electrons. The minimum absolute atomic E-state index is 0.109. The van der Waals surface area contributed by atoms with Crippen molar-refractivity contribution in [2.75, 3.05) is 7.11 Å². The Morgan fingerprint density at radius 1 is 1.20 bits per heavy atom. The third-order valence-corrected chi connectivity index (χ3v) is 4.57. The van der Waals surface area contributed by atoms with Crippen LogP contribution in [0.5, 0.6) is 0 Å². The summed E-state index contributed by atoms with van der Waals surface area (Å²) in [7, 11) is 1.28. The van der Waals surface area contributed by atoms with Crippen LogP contribution in [0.4, 0.5) is 0 Å². The van der Waals surface area contributed by atoms with Gasteiger partial charge in [-0.3, -0.25) is 4.79 Å². The predicted octanol–water partition coefficient (Wildman–Crippen LogP) is 2.12. The number of carbonyl (C=O) groups is 2. The molecule has 9 heteroatoms. The lowest BCUT2D eigenvalue weighted by atomic mass is 10.1. The highest BCUT2D eigenvalue weighted by molar-refractivity contribution is 7.08. The molecule has 1 aromatic carbocycles. The average Bonchev–Trinajstić information content (AvgIpc) is 3.25. The van der Waals surface area contributed by atoms with Gasteiger partial charge in [0.15, 0.2) is 0 Å². The van der Waals surface area contributed by atoms with Crippen molar-refractivity contribution >= 4 is 45.2 Å². The molecule has 0 saturated carbocycles. The van der Waals surface area contributed by atoms with Crippen molar-refractivity contribution in [1.29, 1.82) is 0 Å². The summed E-state index contributed by atoms with van der Waals surface area (Å²) in [5.41, 5.74) is 7.59. The zero-order valence-electron chi connectivity index (χ0n) is 12.9. The number of aromatic nitrogens is 4. The van der Waals surface area contributed by atoms with Crippen LogP contribution in [0.25, 0.3) is 33.2 Å². The van der Waals surface area contributed by atoms with Gasteiger partial charge in [-0.15, -0.1) is 5.10 Å². The SMILES string of the molecule is COC(=O)c1cc2c([nH]c3ccccc32)c(-c2nnsc2C(N)=O)n1. The van der Waals surface area contributed by atoms with Gasteiger partial charge in [0.1, 0.15) is 22.0 Å². The summed E-state index contributed by atoms with van der Waals surface area (Å²) in [6.07, 6.45) is 0. The first-order chi connectivity index (χ1) is 12.1. The number of hydrogen-bond acceptors (Lipinski definition) is 7. The molecular weight excluding hydrogens is 342 g/mol. The van der Waals surface area contributed by atoms with Crippen LogP contribution in [-0.4, -0.2) is 38.5 Å². The second-order valence-corrected chi connectivity index (χ2v) is 6.01. The van der Waals surface area contributed by atoms with E-state index in [-0.39, 0.29) is 16.3 Å². The first-order valence-electron chi connectivity index (χ1n) is 7.22. The van der Waals surface area contributed by atoms with Gasteiger partial charge in [0, 0.05) is 16.3 Å². The van der Waals surface area contributed by atoms with E-state index in [4.69, 9.17) is 10.5 Å². The van der Waals surface area contributed by atoms with Crippen molar-refractivity contribution in [2.45, 2.75) is 0 Å². The number of pyridine rings is 1. The molecule has 3 aromatic heterocycles. The van der Waals surface area contributed by atoms with E-state index in [1.54, 1.807) is 6.07 Å². The first kappa shape index (κ1) is 15.2. The monoisotopic (exact) mass is 353 g/mol. The van der Waals surface area contributed by atoms with Gasteiger partial charge in [0.25, 0.3) is 5.91 Å². The number of hydrogen-bond donors (Lipinski definition) is 2. The minimum Gasteiger partial charge on any atom is -0.464 e. The number of nitrogens with one attached hydrogen (secondary N) is 1. The van der Waals surface area contributed by atoms with Crippen LogP contribution in [0.15, 0.2) is 30.3 Å². The second-order valence-electron chi connectivity index (χ2n) is 5.26. The zero-order valence-corrected chi connectivity index (χ0v) is 13.8. The van der Waals surface area contributed by atoms with Crippen LogP contribution < -0.4 is 5.73 Å². The van der Waals surface area contributed by atoms with Crippen LogP contribution in [0.3, 0.4) is 0 Å². The van der Waals surface area contributed by atoms with Gasteiger partial charge in [-0.2, -0.15) is 0 Å². The highest BCUT2D eigenvalue weighted by atomic mass is 32.1. The number of aromatic amines is 1. The van der Waals surface area contributed by atoms with Gasteiger partial charge in [0.2, 0.25) is 0 Å². The maximum absolute atomic E-state index is 12.0. The molecule has 4 aromatic rings. The van der Waals surface area contributed by atoms with Crippen molar-refractivity contribution in [3.05, 3.63) is 40.9 Å². The van der Waals surface area contributed by atoms with Gasteiger partial charge < -0.3 is 15.5 Å². The highest BCUT2D eigenvalue weighted by Crippen LogP contribution is 2.33. The van der Waals surface area contributed by atoms with E-state index in [2.05, 4.69) is 19.6 Å². The lowest BCUT2D eigenvalue weighted by Crippen LogP contribution is -2.11. The molecule has 3 N–H and O–H groups in total. The Kier molecular flexibility index (Phi) is 3.43. The summed E-state index contributed by atoms with van der Waals surface area (Å²) in [6, 6.07) is 9.27. The number of H-pyrrole nitrogens is 1. The summed E-state index contributed by atoms with van der Waals surface area (Å²) in [5, 5.41) is 5.67. The van der Waals surface area contributed by atoms with E-state index in [1.165, 1.54) is 7.11 Å². The number of nitrogens with two attached hydrogens (primary N) is 1. The number of carbonyl (C=O) groups excluding carboxylic acids is 2. The first-order valence-corrected chi connectivity index (χ1v) is 7.99. The molecule has 0 aliphatic heterocycles. The molecule has 8 nitrogen and oxygen atoms in total. The number of fused-ring (bicyclic) bond motifs is 3. The number of nitrogens with zero attached hydrogens (tertiary/aromatic N) is 3. The number of ether oxygens (including phenoxy) is 1. The van der Waals surface area contributed by atoms with Crippen molar-refractivity contribution in [3.63, 3.8) is 0 Å². The van der Waals surface area contributed by atoms with E-state index in [9.17, 15) is 9.59 Å². The van der Waals surface area contributed by atoms with Crippen LogP contribution in [0.2, 0.25) is 0 Å². The molecule has 0 spiro atoms. The number of benzene rings is 1. The molecule has 0 aliphatic rings. The molecule has 0 fully saturated rings. The number of esters is 1. The largest absolute Gasteiger partial charge is 0.464 e. The van der Waals surface area contributed by atoms with Crippen LogP contribution >= 0.6 is 11.5 Å². The molecule has 0 aliphatic carbocycles. The van der Waals surface area contributed by atoms with E-state index in [0.717, 1.165) is 27.8 Å². The van der Waals surface area contributed by atoms with Gasteiger partial charge in [-0.05, 0) is 23.7 Å². The molecule has 4 rings (SSSR count). The Balaban J connectivity index is 2.13. The normalized spacial score (nSPS) is 11.1. The van der Waals surface area contributed by atoms with E-state index in [0.29, 0.717) is 11.2 Å². The Bertz CT molecular complexity index is 1150. The smallest absolute Gasteiger partial charge is 0.356 e. The van der Waals surface area contributed by atoms with Crippen LogP contribution in [0, 0.1) is 0 Å². The summed E-state index contributed by atoms with van der Waals surface area (Å²) in [6.45, 7) is 0. The third-order valence-electron chi connectivity index (χ3n) is 3.83. The van der Waals surface area contributed by atoms with Crippen LogP contribution in [0.1, 0.15) is 20.2 Å². The van der Waals surface area contributed by atoms with Gasteiger partial charge in [-0.1, -0.05) is 22.7 Å². The van der Waals surface area contributed by atoms with E-state index in [1.807, 2.05) is 24.3 Å². The maximum atomic E-state index is 12.0. The van der Waals surface area contributed by atoms with Gasteiger partial charge >= 0.3 is 5.97 Å². The summed E-state index contributed by atoms with van der Waals surface area (Å²) in [5.74, 6) is -1.24. The summed E-state index contributed by atoms with van der Waals surface area (Å²) in [4.78, 5) is 31.5. The van der Waals surface area contributed by atoms with Crippen molar-refractivity contribution in [2.24, 2.45) is 5.73 Å². The molecular formula is C16H11N5O3S. The van der Waals surface area contributed by atoms with E-state index >= 15 is 0 Å². The molecule has 25 heavy (non-hydrogen) atoms. The minimum atomic E-state index is -0.653. The fraction of sp³-hybridized carbons (Fsp3) is 0.0625. The lowest BCUT2D eigenvalue weighted by Gasteiger charge is -2.04. The number of methoxy groups -OCH3 is 1. The zero-order chi connectivity index (χ0) is 17.6. The van der Waals surface area contributed by atoms with Gasteiger partial charge in [-0.25, -0.2) is 9.78 Å². The lowest BCUT2D eigenvalue weighted by molar-refractivity contribution is 0.0594. The average molecular weight is 353 g/mol. The molecule has 0 atom stereocenters. The number of amides is 1. The fourth-order valence-electron chi connectivity index (χ4n) is 2.73. The Hall–Kier alpha value is -3.33. The highest BCUT2D eigenvalue weighted by Gasteiger charge is 2.23. The molecule has 0 bridgehead atoms. The quantitative estimate of drug-likeness (QED) is 0.544. The van der Waals surface area contributed by atoms with Gasteiger partial charge in [0.05, 0.1) is 12.6 Å². The summed E-state index contributed by atoms with van der Waals surface area (Å²) < 4.78 is 8.58. The predicted molar refractivity (Wildman–Crippen MR) is 92.4 cm³/mol. The van der Waals surface area contributed by atoms with Crippen LogP contribution in [-0.2, 0) is 4.74 Å². The Labute approximate surface area is 144 Å². The standard InChI is InChI=1S/C16H11N5O3S/c1-24-16(23)10-6-8-7-4-2-3-5-9(7)18-11(8)12(19-10)13-14(15(17)22)25-21-20-13/h2-6,18H,1H3,(H2,17,22). The topological polar surface area (TPSA) is 124 Å². The molecule has 0 radical (unpaired) electrons. The van der Waals surface area contributed by atoms with Crippen molar-refractivity contribution in [1.82, 2.24) is 19.6 Å². The second kappa shape index (κ2) is 5.64. The fourth-order valence-corrected chi connectivity index (χ4v) is 3.25. The maximum Gasteiger partial charge on any atom is 0.356 e. The Morgan fingerprint density at radius 2 is 2.00 bits per heavy atom. The number of primary amides is 1. The summed E-state index contributed by atoms with van der Waals surface area (Å²) >= 11 is 0.882. The van der Waals surface area contributed by atoms with E-state index < -0.39 is 11.9 Å². The molecule has 1 amide bonds. The van der Waals surface area contributed by atoms with Crippen molar-refractivity contribution in [3.8, 4) is 11.4 Å². The molecule has 0 unspecified atom stereocenters.